The Morgan fingerprint density at radius 3 is 2.26 bits per heavy atom. The van der Waals surface area contributed by atoms with Gasteiger partial charge in [0.2, 0.25) is 0 Å². The molecule has 0 saturated heterocycles. The summed E-state index contributed by atoms with van der Waals surface area (Å²) in [5, 5.41) is 3.76. The largest absolute Gasteiger partial charge is 0.330 e. The third-order valence-electron chi connectivity index (χ3n) is 2.72. The van der Waals surface area contributed by atoms with Crippen LogP contribution < -0.4 is 5.73 Å². The fourth-order valence-electron chi connectivity index (χ4n) is 1.67. The molecule has 1 heterocycles. The molecule has 0 aliphatic carbocycles. The molecule has 1 rings (SSSR count). The van der Waals surface area contributed by atoms with Crippen molar-refractivity contribution in [2.75, 3.05) is 6.54 Å². The number of hydrogen-bond acceptors (Lipinski definition) is 4. The molecule has 0 spiro atoms. The van der Waals surface area contributed by atoms with Crippen molar-refractivity contribution >= 4 is 18.3 Å². The lowest BCUT2D eigenvalue weighted by Crippen LogP contribution is -1.96. The first-order valence-corrected chi connectivity index (χ1v) is 7.31. The van der Waals surface area contributed by atoms with Crippen molar-refractivity contribution in [2.24, 2.45) is 5.73 Å². The monoisotopic (exact) mass is 281 g/mol. The molecule has 0 radical (unpaired) electrons. The van der Waals surface area contributed by atoms with Crippen LogP contribution in [0.2, 0.25) is 0 Å². The lowest BCUT2D eigenvalue weighted by atomic mass is 10.1. The van der Waals surface area contributed by atoms with Crippen molar-refractivity contribution in [1.82, 2.24) is 10.1 Å². The Balaban J connectivity index is 1.96. The number of rotatable bonds is 10. The highest BCUT2D eigenvalue weighted by Crippen LogP contribution is 2.05. The molecule has 19 heavy (non-hydrogen) atoms. The summed E-state index contributed by atoms with van der Waals surface area (Å²) in [6.45, 7) is 0.802. The van der Waals surface area contributed by atoms with Gasteiger partial charge in [-0.1, -0.05) is 23.4 Å². The number of unbranched alkanes of at least 4 members (excludes halogenated alkanes) is 5. The zero-order chi connectivity index (χ0) is 13.8. The first-order chi connectivity index (χ1) is 9.33. The van der Waals surface area contributed by atoms with Gasteiger partial charge in [-0.15, -0.1) is 0 Å². The number of aromatic amines is 1. The lowest BCUT2D eigenvalue weighted by Gasteiger charge is -1.94. The molecule has 0 amide bonds. The van der Waals surface area contributed by atoms with Gasteiger partial charge in [-0.25, -0.2) is 0 Å². The lowest BCUT2D eigenvalue weighted by molar-refractivity contribution is 0.403. The Morgan fingerprint density at radius 2 is 1.68 bits per heavy atom. The van der Waals surface area contributed by atoms with E-state index in [2.05, 4.69) is 28.4 Å². The molecule has 0 atom stereocenters. The van der Waals surface area contributed by atoms with Crippen LogP contribution in [-0.2, 0) is 0 Å². The molecule has 106 valence electrons. The van der Waals surface area contributed by atoms with Crippen LogP contribution in [0.5, 0.6) is 0 Å². The Labute approximate surface area is 119 Å². The summed E-state index contributed by atoms with van der Waals surface area (Å²) in [6, 6.07) is 0. The molecule has 0 unspecified atom stereocenters. The average Bonchev–Trinajstić information content (AvgIpc) is 2.82. The minimum absolute atomic E-state index is 0.319. The molecular formula is C14H23N3OS. The van der Waals surface area contributed by atoms with Gasteiger partial charge in [0.05, 0.1) is 0 Å². The molecule has 1 aromatic heterocycles. The molecule has 1 aromatic rings. The van der Waals surface area contributed by atoms with Gasteiger partial charge in [-0.2, -0.15) is 0 Å². The van der Waals surface area contributed by atoms with Gasteiger partial charge in [0.15, 0.2) is 5.82 Å². The zero-order valence-electron chi connectivity index (χ0n) is 11.3. The molecule has 5 heteroatoms. The van der Waals surface area contributed by atoms with Gasteiger partial charge >= 0.3 is 0 Å². The summed E-state index contributed by atoms with van der Waals surface area (Å²) in [6.07, 6.45) is 16.6. The van der Waals surface area contributed by atoms with Crippen LogP contribution in [0.3, 0.4) is 0 Å². The summed E-state index contributed by atoms with van der Waals surface area (Å²) in [4.78, 5) is 3.16. The molecule has 3 N–H and O–H groups in total. The van der Waals surface area contributed by atoms with Crippen LogP contribution in [0.1, 0.15) is 50.8 Å². The number of nitrogens with one attached hydrogen (secondary N) is 1. The average molecular weight is 281 g/mol. The maximum Gasteiger partial charge on any atom is 0.295 e. The minimum atomic E-state index is 0.319. The van der Waals surface area contributed by atoms with Crippen molar-refractivity contribution in [3.05, 3.63) is 28.9 Å². The smallest absolute Gasteiger partial charge is 0.295 e. The summed E-state index contributed by atoms with van der Waals surface area (Å²) in [7, 11) is 0. The van der Waals surface area contributed by atoms with Gasteiger partial charge < -0.3 is 10.3 Å². The Kier molecular flexibility index (Phi) is 8.93. The molecular weight excluding hydrogens is 258 g/mol. The Bertz CT molecular complexity index is 434. The van der Waals surface area contributed by atoms with E-state index in [1.807, 2.05) is 6.08 Å². The summed E-state index contributed by atoms with van der Waals surface area (Å²) < 4.78 is 4.76. The Morgan fingerprint density at radius 1 is 1.05 bits per heavy atom. The maximum absolute atomic E-state index is 5.43. The van der Waals surface area contributed by atoms with Gasteiger partial charge in [0, 0.05) is 0 Å². The molecule has 0 bridgehead atoms. The van der Waals surface area contributed by atoms with E-state index in [0.29, 0.717) is 10.7 Å². The van der Waals surface area contributed by atoms with Crippen molar-refractivity contribution in [3.8, 4) is 0 Å². The second-order valence-electron chi connectivity index (χ2n) is 4.42. The molecule has 4 nitrogen and oxygen atoms in total. The van der Waals surface area contributed by atoms with E-state index in [9.17, 15) is 0 Å². The molecule has 0 fully saturated rings. The molecule has 0 aliphatic rings. The van der Waals surface area contributed by atoms with Gasteiger partial charge in [-0.05, 0) is 69.8 Å². The number of H-pyrrole nitrogens is 1. The highest BCUT2D eigenvalue weighted by atomic mass is 32.1. The first-order valence-electron chi connectivity index (χ1n) is 6.90. The van der Waals surface area contributed by atoms with Crippen LogP contribution >= 0.6 is 12.2 Å². The van der Waals surface area contributed by atoms with E-state index < -0.39 is 0 Å². The van der Waals surface area contributed by atoms with Crippen LogP contribution in [0, 0.1) is 4.84 Å². The normalized spacial score (nSPS) is 11.8. The third-order valence-corrected chi connectivity index (χ3v) is 2.89. The number of allylic oxidation sites excluding steroid dienone is 3. The fourth-order valence-corrected chi connectivity index (χ4v) is 1.82. The number of nitrogens with two attached hydrogens (primary N) is 1. The Hall–Kier alpha value is -1.20. The van der Waals surface area contributed by atoms with Crippen LogP contribution in [0.15, 0.2) is 22.8 Å². The predicted octanol–water partition coefficient (Wildman–Crippen LogP) is 3.99. The standard InChI is InChI=1S/C14H23N3OS/c15-12-10-8-6-4-2-1-3-5-7-9-11-13-16-14(19)18-17-13/h2,4,9,11H,1,3,5-8,10,12,15H2,(H,16,17,19)/b4-2-,11-9+. The van der Waals surface area contributed by atoms with Gasteiger partial charge in [0.1, 0.15) is 0 Å². The fraction of sp³-hybridized carbons (Fsp3) is 0.571. The SMILES string of the molecule is NCCCC/C=C\CCCC/C=C/c1noc(=S)[nH]1. The summed E-state index contributed by atoms with van der Waals surface area (Å²) in [5.41, 5.74) is 5.43. The van der Waals surface area contributed by atoms with Crippen LogP contribution in [0.4, 0.5) is 0 Å². The molecule has 0 aliphatic heterocycles. The van der Waals surface area contributed by atoms with E-state index in [0.717, 1.165) is 32.2 Å². The van der Waals surface area contributed by atoms with E-state index >= 15 is 0 Å². The number of hydrogen-bond donors (Lipinski definition) is 2. The van der Waals surface area contributed by atoms with Gasteiger partial charge in [0.25, 0.3) is 4.84 Å². The van der Waals surface area contributed by atoms with Crippen LogP contribution in [0.25, 0.3) is 6.08 Å². The van der Waals surface area contributed by atoms with E-state index in [1.54, 1.807) is 0 Å². The minimum Gasteiger partial charge on any atom is -0.330 e. The topological polar surface area (TPSA) is 67.8 Å². The summed E-state index contributed by atoms with van der Waals surface area (Å²) >= 11 is 4.79. The number of nitrogens with zero attached hydrogens (tertiary/aromatic N) is 1. The maximum atomic E-state index is 5.43. The molecule has 0 aromatic carbocycles. The van der Waals surface area contributed by atoms with Crippen molar-refractivity contribution in [1.29, 1.82) is 0 Å². The van der Waals surface area contributed by atoms with Crippen LogP contribution in [-0.4, -0.2) is 16.7 Å². The van der Waals surface area contributed by atoms with Crippen molar-refractivity contribution < 1.29 is 4.52 Å². The summed E-state index contributed by atoms with van der Waals surface area (Å²) in [5.74, 6) is 0.685. The van der Waals surface area contributed by atoms with Crippen molar-refractivity contribution in [2.45, 2.75) is 44.9 Å². The third kappa shape index (κ3) is 8.51. The second-order valence-corrected chi connectivity index (χ2v) is 4.79. The quantitative estimate of drug-likeness (QED) is 0.386. The predicted molar refractivity (Wildman–Crippen MR) is 81.2 cm³/mol. The number of aromatic nitrogens is 2. The second kappa shape index (κ2) is 10.7. The van der Waals surface area contributed by atoms with E-state index in [-0.39, 0.29) is 0 Å². The highest BCUT2D eigenvalue weighted by Gasteiger charge is 1.91. The first kappa shape index (κ1) is 15.9. The van der Waals surface area contributed by atoms with E-state index in [4.69, 9.17) is 22.5 Å². The molecule has 0 saturated carbocycles. The van der Waals surface area contributed by atoms with E-state index in [1.165, 1.54) is 19.3 Å². The zero-order valence-corrected chi connectivity index (χ0v) is 12.1. The van der Waals surface area contributed by atoms with Crippen molar-refractivity contribution in [3.63, 3.8) is 0 Å². The highest BCUT2D eigenvalue weighted by molar-refractivity contribution is 7.71. The van der Waals surface area contributed by atoms with Gasteiger partial charge in [-0.3, -0.25) is 4.98 Å².